The minimum atomic E-state index is 0.222. The summed E-state index contributed by atoms with van der Waals surface area (Å²) < 4.78 is 0. The molecule has 2 amide bonds. The number of hydrogen-bond acceptors (Lipinski definition) is 2. The SMILES string of the molecule is Cc1c(Cl)cccc1N1CCN(C(=O)N2CCC(C)CC2)CC1. The summed E-state index contributed by atoms with van der Waals surface area (Å²) in [7, 11) is 0. The van der Waals surface area contributed by atoms with Crippen LogP contribution >= 0.6 is 11.6 Å². The van der Waals surface area contributed by atoms with Crippen LogP contribution in [0, 0.1) is 12.8 Å². The van der Waals surface area contributed by atoms with Gasteiger partial charge in [0, 0.05) is 50.0 Å². The van der Waals surface area contributed by atoms with Crippen LogP contribution in [-0.4, -0.2) is 55.1 Å². The molecule has 4 nitrogen and oxygen atoms in total. The van der Waals surface area contributed by atoms with Gasteiger partial charge >= 0.3 is 6.03 Å². The Kier molecular flexibility index (Phi) is 5.00. The second-order valence-corrected chi connectivity index (χ2v) is 7.22. The smallest absolute Gasteiger partial charge is 0.320 e. The highest BCUT2D eigenvalue weighted by atomic mass is 35.5. The van der Waals surface area contributed by atoms with Crippen LogP contribution in [-0.2, 0) is 0 Å². The molecule has 126 valence electrons. The highest BCUT2D eigenvalue weighted by Crippen LogP contribution is 2.27. The van der Waals surface area contributed by atoms with Crippen molar-refractivity contribution in [2.45, 2.75) is 26.7 Å². The van der Waals surface area contributed by atoms with Crippen molar-refractivity contribution in [3.05, 3.63) is 28.8 Å². The van der Waals surface area contributed by atoms with Crippen LogP contribution in [0.15, 0.2) is 18.2 Å². The number of nitrogens with zero attached hydrogens (tertiary/aromatic N) is 3. The molecule has 1 aromatic carbocycles. The van der Waals surface area contributed by atoms with Gasteiger partial charge in [0.05, 0.1) is 0 Å². The van der Waals surface area contributed by atoms with Gasteiger partial charge in [-0.05, 0) is 43.4 Å². The van der Waals surface area contributed by atoms with E-state index in [9.17, 15) is 4.79 Å². The molecule has 0 aliphatic carbocycles. The van der Waals surface area contributed by atoms with Gasteiger partial charge in [-0.25, -0.2) is 4.79 Å². The maximum Gasteiger partial charge on any atom is 0.320 e. The summed E-state index contributed by atoms with van der Waals surface area (Å²) in [5, 5.41) is 0.809. The molecule has 23 heavy (non-hydrogen) atoms. The van der Waals surface area contributed by atoms with Crippen LogP contribution in [0.5, 0.6) is 0 Å². The molecular weight excluding hydrogens is 310 g/mol. The quantitative estimate of drug-likeness (QED) is 0.783. The lowest BCUT2D eigenvalue weighted by molar-refractivity contribution is 0.132. The Morgan fingerprint density at radius 3 is 2.30 bits per heavy atom. The number of hydrogen-bond donors (Lipinski definition) is 0. The predicted octanol–water partition coefficient (Wildman–Crippen LogP) is 3.62. The zero-order valence-corrected chi connectivity index (χ0v) is 14.9. The highest BCUT2D eigenvalue weighted by Gasteiger charge is 2.27. The Labute approximate surface area is 144 Å². The molecule has 2 fully saturated rings. The largest absolute Gasteiger partial charge is 0.368 e. The second-order valence-electron chi connectivity index (χ2n) is 6.81. The number of anilines is 1. The van der Waals surface area contributed by atoms with Crippen molar-refractivity contribution in [1.29, 1.82) is 0 Å². The molecule has 0 aromatic heterocycles. The van der Waals surface area contributed by atoms with E-state index in [0.717, 1.165) is 68.6 Å². The number of carbonyl (C=O) groups is 1. The molecule has 5 heteroatoms. The van der Waals surface area contributed by atoms with Crippen molar-refractivity contribution in [3.63, 3.8) is 0 Å². The maximum atomic E-state index is 12.6. The number of piperidine rings is 1. The van der Waals surface area contributed by atoms with Crippen LogP contribution in [0.4, 0.5) is 10.5 Å². The zero-order valence-electron chi connectivity index (χ0n) is 14.1. The Morgan fingerprint density at radius 2 is 1.65 bits per heavy atom. The molecule has 3 rings (SSSR count). The third-order valence-corrected chi connectivity index (χ3v) is 5.59. The van der Waals surface area contributed by atoms with Crippen LogP contribution in [0.1, 0.15) is 25.3 Å². The fourth-order valence-corrected chi connectivity index (χ4v) is 3.65. The summed E-state index contributed by atoms with van der Waals surface area (Å²) in [6, 6.07) is 6.26. The van der Waals surface area contributed by atoms with Crippen LogP contribution < -0.4 is 4.90 Å². The summed E-state index contributed by atoms with van der Waals surface area (Å²) in [6.45, 7) is 9.47. The lowest BCUT2D eigenvalue weighted by Crippen LogP contribution is -2.54. The van der Waals surface area contributed by atoms with Crippen molar-refractivity contribution in [2.75, 3.05) is 44.2 Å². The lowest BCUT2D eigenvalue weighted by atomic mass is 9.99. The van der Waals surface area contributed by atoms with Gasteiger partial charge in [-0.3, -0.25) is 0 Å². The fourth-order valence-electron chi connectivity index (χ4n) is 3.48. The summed E-state index contributed by atoms with van der Waals surface area (Å²) >= 11 is 6.23. The van der Waals surface area contributed by atoms with E-state index in [4.69, 9.17) is 11.6 Å². The summed E-state index contributed by atoms with van der Waals surface area (Å²) in [5.41, 5.74) is 2.32. The maximum absolute atomic E-state index is 12.6. The topological polar surface area (TPSA) is 26.8 Å². The van der Waals surface area contributed by atoms with Gasteiger partial charge in [-0.2, -0.15) is 0 Å². The molecule has 0 bridgehead atoms. The highest BCUT2D eigenvalue weighted by molar-refractivity contribution is 6.31. The molecule has 0 radical (unpaired) electrons. The first-order valence-corrected chi connectivity index (χ1v) is 8.98. The number of piperazine rings is 1. The normalized spacial score (nSPS) is 20.0. The molecule has 2 heterocycles. The predicted molar refractivity (Wildman–Crippen MR) is 95.3 cm³/mol. The zero-order chi connectivity index (χ0) is 16.4. The molecule has 1 aromatic rings. The van der Waals surface area contributed by atoms with E-state index < -0.39 is 0 Å². The van der Waals surface area contributed by atoms with Crippen molar-refractivity contribution in [3.8, 4) is 0 Å². The number of rotatable bonds is 1. The van der Waals surface area contributed by atoms with Crippen LogP contribution in [0.2, 0.25) is 5.02 Å². The number of carbonyl (C=O) groups excluding carboxylic acids is 1. The van der Waals surface area contributed by atoms with Gasteiger partial charge in [0.15, 0.2) is 0 Å². The molecule has 0 atom stereocenters. The van der Waals surface area contributed by atoms with Crippen LogP contribution in [0.3, 0.4) is 0 Å². The number of urea groups is 1. The van der Waals surface area contributed by atoms with Gasteiger partial charge in [0.1, 0.15) is 0 Å². The Balaban J connectivity index is 1.58. The average molecular weight is 336 g/mol. The number of halogens is 1. The van der Waals surface area contributed by atoms with E-state index in [1.807, 2.05) is 21.9 Å². The van der Waals surface area contributed by atoms with Crippen molar-refractivity contribution in [1.82, 2.24) is 9.80 Å². The number of amides is 2. The first kappa shape index (κ1) is 16.4. The molecule has 0 saturated carbocycles. The van der Waals surface area contributed by atoms with E-state index >= 15 is 0 Å². The van der Waals surface area contributed by atoms with Gasteiger partial charge in [-0.1, -0.05) is 24.6 Å². The molecule has 0 N–H and O–H groups in total. The average Bonchev–Trinajstić information content (AvgIpc) is 2.58. The molecular formula is C18H26ClN3O. The third kappa shape index (κ3) is 3.57. The van der Waals surface area contributed by atoms with E-state index in [1.54, 1.807) is 0 Å². The summed E-state index contributed by atoms with van der Waals surface area (Å²) in [6.07, 6.45) is 2.26. The second kappa shape index (κ2) is 7.00. The standard InChI is InChI=1S/C18H26ClN3O/c1-14-6-8-21(9-7-14)18(23)22-12-10-20(11-13-22)17-5-3-4-16(19)15(17)2/h3-5,14H,6-13H2,1-2H3. The van der Waals surface area contributed by atoms with E-state index in [-0.39, 0.29) is 6.03 Å². The minimum absolute atomic E-state index is 0.222. The summed E-state index contributed by atoms with van der Waals surface area (Å²) in [4.78, 5) is 19.0. The van der Waals surface area contributed by atoms with Crippen LogP contribution in [0.25, 0.3) is 0 Å². The van der Waals surface area contributed by atoms with E-state index in [1.165, 1.54) is 5.69 Å². The monoisotopic (exact) mass is 335 g/mol. The van der Waals surface area contributed by atoms with Crippen molar-refractivity contribution >= 4 is 23.3 Å². The van der Waals surface area contributed by atoms with Gasteiger partial charge in [-0.15, -0.1) is 0 Å². The summed E-state index contributed by atoms with van der Waals surface area (Å²) in [5.74, 6) is 0.752. The Morgan fingerprint density at radius 1 is 1.04 bits per heavy atom. The molecule has 2 saturated heterocycles. The van der Waals surface area contributed by atoms with Gasteiger partial charge < -0.3 is 14.7 Å². The van der Waals surface area contributed by atoms with Crippen molar-refractivity contribution < 1.29 is 4.79 Å². The van der Waals surface area contributed by atoms with Gasteiger partial charge in [0.2, 0.25) is 0 Å². The van der Waals surface area contributed by atoms with Crippen molar-refractivity contribution in [2.24, 2.45) is 5.92 Å². The Bertz CT molecular complexity index is 561. The first-order chi connectivity index (χ1) is 11.1. The minimum Gasteiger partial charge on any atom is -0.368 e. The fraction of sp³-hybridized carbons (Fsp3) is 0.611. The molecule has 2 aliphatic rings. The number of benzene rings is 1. The van der Waals surface area contributed by atoms with E-state index in [0.29, 0.717) is 0 Å². The number of likely N-dealkylation sites (tertiary alicyclic amines) is 1. The molecule has 0 unspecified atom stereocenters. The molecule has 2 aliphatic heterocycles. The lowest BCUT2D eigenvalue weighted by Gasteiger charge is -2.40. The first-order valence-electron chi connectivity index (χ1n) is 8.60. The Hall–Kier alpha value is -1.42. The van der Waals surface area contributed by atoms with E-state index in [2.05, 4.69) is 24.8 Å². The van der Waals surface area contributed by atoms with Gasteiger partial charge in [0.25, 0.3) is 0 Å². The third-order valence-electron chi connectivity index (χ3n) is 5.18. The molecule has 0 spiro atoms.